The van der Waals surface area contributed by atoms with Crippen LogP contribution in [0.1, 0.15) is 21.6 Å². The zero-order valence-electron chi connectivity index (χ0n) is 11.1. The minimum Gasteiger partial charge on any atom is -0.477 e. The first-order chi connectivity index (χ1) is 9.99. The van der Waals surface area contributed by atoms with E-state index in [2.05, 4.69) is 15.3 Å². The number of rotatable bonds is 5. The van der Waals surface area contributed by atoms with E-state index in [4.69, 9.17) is 5.11 Å². The van der Waals surface area contributed by atoms with E-state index in [9.17, 15) is 14.9 Å². The van der Waals surface area contributed by atoms with Crippen molar-refractivity contribution in [2.24, 2.45) is 0 Å². The molecule has 0 aliphatic rings. The van der Waals surface area contributed by atoms with Crippen LogP contribution in [0.25, 0.3) is 0 Å². The highest BCUT2D eigenvalue weighted by molar-refractivity contribution is 5.86. The summed E-state index contributed by atoms with van der Waals surface area (Å²) in [5.41, 5.74) is 1.28. The van der Waals surface area contributed by atoms with Gasteiger partial charge in [0.25, 0.3) is 0 Å². The van der Waals surface area contributed by atoms with Crippen LogP contribution < -0.4 is 5.32 Å². The number of pyridine rings is 2. The van der Waals surface area contributed by atoms with Crippen molar-refractivity contribution in [2.75, 3.05) is 5.32 Å². The second-order valence-electron chi connectivity index (χ2n) is 4.28. The fraction of sp³-hybridized carbons (Fsp3) is 0.154. The summed E-state index contributed by atoms with van der Waals surface area (Å²) in [6.45, 7) is 2.14. The fourth-order valence-electron chi connectivity index (χ4n) is 1.73. The van der Waals surface area contributed by atoms with E-state index >= 15 is 0 Å². The van der Waals surface area contributed by atoms with Gasteiger partial charge in [0.15, 0.2) is 5.69 Å². The molecule has 2 heterocycles. The van der Waals surface area contributed by atoms with Crippen LogP contribution in [-0.2, 0) is 6.54 Å². The van der Waals surface area contributed by atoms with Gasteiger partial charge in [-0.15, -0.1) is 0 Å². The number of aromatic carboxylic acids is 1. The van der Waals surface area contributed by atoms with Crippen molar-refractivity contribution in [3.8, 4) is 0 Å². The van der Waals surface area contributed by atoms with E-state index in [0.29, 0.717) is 0 Å². The van der Waals surface area contributed by atoms with Crippen molar-refractivity contribution in [3.05, 3.63) is 57.5 Å². The SMILES string of the molecule is Cc1cnccc1CNc1nc(C(=O)O)ccc1[N+](=O)[O-]. The predicted molar refractivity (Wildman–Crippen MR) is 74.2 cm³/mol. The molecular formula is C13H12N4O4. The molecule has 0 bridgehead atoms. The summed E-state index contributed by atoms with van der Waals surface area (Å²) < 4.78 is 0. The maximum atomic E-state index is 10.9. The lowest BCUT2D eigenvalue weighted by Crippen LogP contribution is -2.09. The molecule has 0 atom stereocenters. The normalized spacial score (nSPS) is 10.1. The van der Waals surface area contributed by atoms with Crippen LogP contribution in [0.4, 0.5) is 11.5 Å². The van der Waals surface area contributed by atoms with E-state index in [0.717, 1.165) is 23.3 Å². The third kappa shape index (κ3) is 3.30. The van der Waals surface area contributed by atoms with E-state index < -0.39 is 10.9 Å². The molecule has 0 spiro atoms. The van der Waals surface area contributed by atoms with E-state index in [1.165, 1.54) is 0 Å². The summed E-state index contributed by atoms with van der Waals surface area (Å²) in [5.74, 6) is -1.32. The molecule has 2 rings (SSSR count). The maximum Gasteiger partial charge on any atom is 0.354 e. The molecule has 2 N–H and O–H groups in total. The lowest BCUT2D eigenvalue weighted by molar-refractivity contribution is -0.384. The topological polar surface area (TPSA) is 118 Å². The quantitative estimate of drug-likeness (QED) is 0.638. The average molecular weight is 288 g/mol. The Labute approximate surface area is 119 Å². The summed E-state index contributed by atoms with van der Waals surface area (Å²) in [7, 11) is 0. The zero-order valence-corrected chi connectivity index (χ0v) is 11.1. The predicted octanol–water partition coefficient (Wildman–Crippen LogP) is 2.00. The molecule has 108 valence electrons. The van der Waals surface area contributed by atoms with Crippen molar-refractivity contribution in [2.45, 2.75) is 13.5 Å². The number of nitrogens with one attached hydrogen (secondary N) is 1. The molecule has 0 amide bonds. The summed E-state index contributed by atoms with van der Waals surface area (Å²) in [5, 5.41) is 22.7. The first-order valence-electron chi connectivity index (χ1n) is 6.01. The highest BCUT2D eigenvalue weighted by Crippen LogP contribution is 2.23. The van der Waals surface area contributed by atoms with Crippen LogP contribution in [0.2, 0.25) is 0 Å². The molecule has 0 fully saturated rings. The number of hydrogen-bond acceptors (Lipinski definition) is 6. The van der Waals surface area contributed by atoms with Gasteiger partial charge < -0.3 is 10.4 Å². The highest BCUT2D eigenvalue weighted by atomic mass is 16.6. The Hall–Kier alpha value is -3.03. The number of aromatic nitrogens is 2. The Bertz CT molecular complexity index is 702. The second kappa shape index (κ2) is 5.95. The zero-order chi connectivity index (χ0) is 15.4. The lowest BCUT2D eigenvalue weighted by atomic mass is 10.1. The average Bonchev–Trinajstić information content (AvgIpc) is 2.46. The summed E-state index contributed by atoms with van der Waals surface area (Å²) >= 11 is 0. The number of aryl methyl sites for hydroxylation is 1. The summed E-state index contributed by atoms with van der Waals surface area (Å²) in [6.07, 6.45) is 3.28. The molecule has 0 saturated heterocycles. The molecule has 0 saturated carbocycles. The van der Waals surface area contributed by atoms with Crippen molar-refractivity contribution < 1.29 is 14.8 Å². The van der Waals surface area contributed by atoms with Crippen LogP contribution in [0.3, 0.4) is 0 Å². The van der Waals surface area contributed by atoms with Crippen LogP contribution in [0.15, 0.2) is 30.6 Å². The van der Waals surface area contributed by atoms with Gasteiger partial charge in [-0.1, -0.05) is 0 Å². The number of carbonyl (C=O) groups is 1. The lowest BCUT2D eigenvalue weighted by Gasteiger charge is -2.08. The molecule has 0 aromatic carbocycles. The highest BCUT2D eigenvalue weighted by Gasteiger charge is 2.18. The van der Waals surface area contributed by atoms with Crippen LogP contribution in [-0.4, -0.2) is 26.0 Å². The fourth-order valence-corrected chi connectivity index (χ4v) is 1.73. The van der Waals surface area contributed by atoms with Gasteiger partial charge in [0.1, 0.15) is 0 Å². The van der Waals surface area contributed by atoms with Gasteiger partial charge in [-0.05, 0) is 30.2 Å². The van der Waals surface area contributed by atoms with Crippen LogP contribution >= 0.6 is 0 Å². The monoisotopic (exact) mass is 288 g/mol. The Kier molecular flexibility index (Phi) is 4.07. The molecule has 21 heavy (non-hydrogen) atoms. The van der Waals surface area contributed by atoms with Gasteiger partial charge in [0.05, 0.1) is 4.92 Å². The van der Waals surface area contributed by atoms with Crippen LogP contribution in [0.5, 0.6) is 0 Å². The van der Waals surface area contributed by atoms with Crippen molar-refractivity contribution in [1.82, 2.24) is 9.97 Å². The second-order valence-corrected chi connectivity index (χ2v) is 4.28. The van der Waals surface area contributed by atoms with E-state index in [1.807, 2.05) is 6.92 Å². The summed E-state index contributed by atoms with van der Waals surface area (Å²) in [4.78, 5) is 29.0. The smallest absolute Gasteiger partial charge is 0.354 e. The number of nitrogens with zero attached hydrogens (tertiary/aromatic N) is 3. The first-order valence-corrected chi connectivity index (χ1v) is 6.01. The first kappa shape index (κ1) is 14.4. The third-order valence-corrected chi connectivity index (χ3v) is 2.87. The Morgan fingerprint density at radius 1 is 1.43 bits per heavy atom. The number of carboxylic acids is 1. The molecule has 0 aliphatic carbocycles. The van der Waals surface area contributed by atoms with E-state index in [-0.39, 0.29) is 23.7 Å². The van der Waals surface area contributed by atoms with Gasteiger partial charge in [-0.2, -0.15) is 0 Å². The number of nitro groups is 1. The minimum atomic E-state index is -1.24. The molecule has 0 aliphatic heterocycles. The molecule has 0 unspecified atom stereocenters. The van der Waals surface area contributed by atoms with Crippen LogP contribution in [0, 0.1) is 17.0 Å². The van der Waals surface area contributed by atoms with Crippen molar-refractivity contribution >= 4 is 17.5 Å². The Morgan fingerprint density at radius 2 is 2.19 bits per heavy atom. The van der Waals surface area contributed by atoms with Gasteiger partial charge in [0, 0.05) is 25.0 Å². The van der Waals surface area contributed by atoms with Gasteiger partial charge in [-0.3, -0.25) is 15.1 Å². The molecule has 2 aromatic rings. The number of hydrogen-bond donors (Lipinski definition) is 2. The van der Waals surface area contributed by atoms with Gasteiger partial charge in [-0.25, -0.2) is 9.78 Å². The number of anilines is 1. The molecule has 8 heteroatoms. The standard InChI is InChI=1S/C13H12N4O4/c1-8-6-14-5-4-9(8)7-15-12-11(17(20)21)3-2-10(16-12)13(18)19/h2-6H,7H2,1H3,(H,15,16)(H,18,19). The number of carboxylic acid groups (broad SMARTS) is 1. The molecule has 0 radical (unpaired) electrons. The van der Waals surface area contributed by atoms with E-state index in [1.54, 1.807) is 18.5 Å². The third-order valence-electron chi connectivity index (χ3n) is 2.87. The summed E-state index contributed by atoms with van der Waals surface area (Å²) in [6, 6.07) is 4.00. The Balaban J connectivity index is 2.29. The van der Waals surface area contributed by atoms with Crippen molar-refractivity contribution in [1.29, 1.82) is 0 Å². The maximum absolute atomic E-state index is 10.9. The minimum absolute atomic E-state index is 0.0730. The van der Waals surface area contributed by atoms with Crippen molar-refractivity contribution in [3.63, 3.8) is 0 Å². The molecule has 2 aromatic heterocycles. The van der Waals surface area contributed by atoms with Gasteiger partial charge >= 0.3 is 11.7 Å². The van der Waals surface area contributed by atoms with Gasteiger partial charge in [0.2, 0.25) is 5.82 Å². The largest absolute Gasteiger partial charge is 0.477 e. The molecular weight excluding hydrogens is 276 g/mol. The Morgan fingerprint density at radius 3 is 2.81 bits per heavy atom. The molecule has 8 nitrogen and oxygen atoms in total.